The van der Waals surface area contributed by atoms with Gasteiger partial charge in [0.05, 0.1) is 6.04 Å². The van der Waals surface area contributed by atoms with Crippen LogP contribution in [0.2, 0.25) is 0 Å². The van der Waals surface area contributed by atoms with Crippen LogP contribution in [0.4, 0.5) is 13.2 Å². The normalized spacial score (nSPS) is 12.8. The van der Waals surface area contributed by atoms with E-state index < -0.39 is 17.7 Å². The lowest BCUT2D eigenvalue weighted by molar-refractivity contribution is 0.486. The predicted octanol–water partition coefficient (Wildman–Crippen LogP) is 4.16. The minimum absolute atomic E-state index is 0.368. The first-order valence-corrected chi connectivity index (χ1v) is 6.39. The summed E-state index contributed by atoms with van der Waals surface area (Å²) in [5, 5.41) is 3.54. The molecule has 0 bridgehead atoms. The summed E-state index contributed by atoms with van der Waals surface area (Å²) in [5.41, 5.74) is 0.915. The smallest absolute Gasteiger partial charge is 0.134 e. The number of halogens is 3. The van der Waals surface area contributed by atoms with E-state index in [1.54, 1.807) is 13.1 Å². The van der Waals surface area contributed by atoms with Gasteiger partial charge in [-0.1, -0.05) is 0 Å². The van der Waals surface area contributed by atoms with Gasteiger partial charge in [0.2, 0.25) is 0 Å². The Balaban J connectivity index is 2.08. The molecule has 3 rings (SSSR count). The molecule has 0 aliphatic heterocycles. The first-order chi connectivity index (χ1) is 10.1. The topological polar surface area (TPSA) is 25.2 Å². The van der Waals surface area contributed by atoms with Crippen molar-refractivity contribution in [2.45, 2.75) is 6.04 Å². The zero-order chi connectivity index (χ0) is 15.0. The van der Waals surface area contributed by atoms with Crippen molar-refractivity contribution in [1.82, 2.24) is 5.32 Å². The Labute approximate surface area is 119 Å². The standard InChI is InChI=1S/C16H12F3NO/c1-20-16(10-5-12(18)8-13(19)6-10)15-7-9-4-11(17)2-3-14(9)21-15/h2-8,16,20H,1H3. The molecule has 3 aromatic rings. The number of nitrogens with one attached hydrogen (secondary N) is 1. The second kappa shape index (κ2) is 5.26. The summed E-state index contributed by atoms with van der Waals surface area (Å²) in [5.74, 6) is -1.23. The summed E-state index contributed by atoms with van der Waals surface area (Å²) < 4.78 is 45.5. The highest BCUT2D eigenvalue weighted by Crippen LogP contribution is 2.29. The van der Waals surface area contributed by atoms with Gasteiger partial charge in [-0.25, -0.2) is 13.2 Å². The zero-order valence-corrected chi connectivity index (χ0v) is 11.2. The maximum Gasteiger partial charge on any atom is 0.134 e. The fourth-order valence-electron chi connectivity index (χ4n) is 2.39. The highest BCUT2D eigenvalue weighted by molar-refractivity contribution is 5.78. The van der Waals surface area contributed by atoms with Gasteiger partial charge in [-0.2, -0.15) is 0 Å². The second-order valence-corrected chi connectivity index (χ2v) is 4.76. The molecule has 0 saturated carbocycles. The molecule has 2 nitrogen and oxygen atoms in total. The number of rotatable bonds is 3. The van der Waals surface area contributed by atoms with Crippen LogP contribution >= 0.6 is 0 Å². The zero-order valence-electron chi connectivity index (χ0n) is 11.2. The van der Waals surface area contributed by atoms with Crippen LogP contribution in [0.5, 0.6) is 0 Å². The van der Waals surface area contributed by atoms with Crippen LogP contribution in [0.3, 0.4) is 0 Å². The van der Waals surface area contributed by atoms with Crippen LogP contribution in [0.1, 0.15) is 17.4 Å². The van der Waals surface area contributed by atoms with Crippen LogP contribution in [0, 0.1) is 17.5 Å². The Hall–Kier alpha value is -2.27. The molecule has 0 amide bonds. The molecule has 21 heavy (non-hydrogen) atoms. The summed E-state index contributed by atoms with van der Waals surface area (Å²) >= 11 is 0. The van der Waals surface area contributed by atoms with Gasteiger partial charge in [-0.15, -0.1) is 0 Å². The molecule has 0 fully saturated rings. The van der Waals surface area contributed by atoms with Crippen LogP contribution in [0.25, 0.3) is 11.0 Å². The lowest BCUT2D eigenvalue weighted by Crippen LogP contribution is -2.17. The first-order valence-electron chi connectivity index (χ1n) is 6.39. The Kier molecular flexibility index (Phi) is 3.43. The van der Waals surface area contributed by atoms with E-state index in [4.69, 9.17) is 4.42 Å². The number of furan rings is 1. The summed E-state index contributed by atoms with van der Waals surface area (Å²) in [6.45, 7) is 0. The van der Waals surface area contributed by atoms with Crippen LogP contribution < -0.4 is 5.32 Å². The van der Waals surface area contributed by atoms with Gasteiger partial charge in [-0.05, 0) is 49.0 Å². The maximum absolute atomic E-state index is 13.3. The molecule has 1 aromatic heterocycles. The molecule has 0 aliphatic carbocycles. The molecule has 5 heteroatoms. The van der Waals surface area contributed by atoms with Crippen molar-refractivity contribution >= 4 is 11.0 Å². The molecule has 0 aliphatic rings. The summed E-state index contributed by atoms with van der Waals surface area (Å²) in [6.07, 6.45) is 0. The number of benzene rings is 2. The molecule has 1 N–H and O–H groups in total. The van der Waals surface area contributed by atoms with Crippen molar-refractivity contribution in [3.05, 3.63) is 71.2 Å². The van der Waals surface area contributed by atoms with Crippen molar-refractivity contribution in [3.63, 3.8) is 0 Å². The molecular weight excluding hydrogens is 279 g/mol. The molecule has 1 heterocycles. The minimum Gasteiger partial charge on any atom is -0.459 e. The molecule has 1 atom stereocenters. The molecular formula is C16H12F3NO. The average molecular weight is 291 g/mol. The van der Waals surface area contributed by atoms with Gasteiger partial charge in [0.25, 0.3) is 0 Å². The molecule has 0 radical (unpaired) electrons. The lowest BCUT2D eigenvalue weighted by Gasteiger charge is -2.14. The third-order valence-corrected chi connectivity index (χ3v) is 3.29. The van der Waals surface area contributed by atoms with E-state index in [-0.39, 0.29) is 5.82 Å². The van der Waals surface area contributed by atoms with Crippen LogP contribution in [0.15, 0.2) is 46.9 Å². The van der Waals surface area contributed by atoms with Crippen molar-refractivity contribution in [3.8, 4) is 0 Å². The third-order valence-electron chi connectivity index (χ3n) is 3.29. The van der Waals surface area contributed by atoms with E-state index in [1.807, 2.05) is 0 Å². The van der Waals surface area contributed by atoms with Gasteiger partial charge >= 0.3 is 0 Å². The molecule has 1 unspecified atom stereocenters. The fourth-order valence-corrected chi connectivity index (χ4v) is 2.39. The van der Waals surface area contributed by atoms with Crippen molar-refractivity contribution in [1.29, 1.82) is 0 Å². The van der Waals surface area contributed by atoms with E-state index in [0.717, 1.165) is 6.07 Å². The largest absolute Gasteiger partial charge is 0.459 e. The summed E-state index contributed by atoms with van der Waals surface area (Å²) in [6, 6.07) is 8.58. The Morgan fingerprint density at radius 3 is 2.29 bits per heavy atom. The van der Waals surface area contributed by atoms with E-state index >= 15 is 0 Å². The van der Waals surface area contributed by atoms with E-state index in [0.29, 0.717) is 22.3 Å². The maximum atomic E-state index is 13.3. The third kappa shape index (κ3) is 2.64. The van der Waals surface area contributed by atoms with Gasteiger partial charge in [0.1, 0.15) is 28.8 Å². The number of fused-ring (bicyclic) bond motifs is 1. The Bertz CT molecular complexity index is 777. The van der Waals surface area contributed by atoms with E-state index in [1.165, 1.54) is 30.3 Å². The fraction of sp³-hybridized carbons (Fsp3) is 0.125. The quantitative estimate of drug-likeness (QED) is 0.784. The van der Waals surface area contributed by atoms with Crippen LogP contribution in [-0.2, 0) is 0 Å². The Morgan fingerprint density at radius 2 is 1.62 bits per heavy atom. The number of hydrogen-bond acceptors (Lipinski definition) is 2. The first kappa shape index (κ1) is 13.7. The van der Waals surface area contributed by atoms with Gasteiger partial charge in [-0.3, -0.25) is 0 Å². The minimum atomic E-state index is -0.660. The Morgan fingerprint density at radius 1 is 0.905 bits per heavy atom. The molecule has 2 aromatic carbocycles. The predicted molar refractivity (Wildman–Crippen MR) is 73.4 cm³/mol. The van der Waals surface area contributed by atoms with E-state index in [9.17, 15) is 13.2 Å². The highest BCUT2D eigenvalue weighted by atomic mass is 19.1. The summed E-state index contributed by atoms with van der Waals surface area (Å²) in [7, 11) is 1.65. The molecule has 0 spiro atoms. The lowest BCUT2D eigenvalue weighted by atomic mass is 10.0. The van der Waals surface area contributed by atoms with E-state index in [2.05, 4.69) is 5.32 Å². The van der Waals surface area contributed by atoms with Crippen molar-refractivity contribution in [2.75, 3.05) is 7.05 Å². The number of hydrogen-bond donors (Lipinski definition) is 1. The molecule has 0 saturated heterocycles. The van der Waals surface area contributed by atoms with Crippen LogP contribution in [-0.4, -0.2) is 7.05 Å². The van der Waals surface area contributed by atoms with Gasteiger partial charge < -0.3 is 9.73 Å². The average Bonchev–Trinajstić information content (AvgIpc) is 2.81. The second-order valence-electron chi connectivity index (χ2n) is 4.76. The SMILES string of the molecule is CNC(c1cc(F)cc(F)c1)c1cc2cc(F)ccc2o1. The highest BCUT2D eigenvalue weighted by Gasteiger charge is 2.18. The monoisotopic (exact) mass is 291 g/mol. The molecule has 108 valence electrons. The van der Waals surface area contributed by atoms with Crippen molar-refractivity contribution in [2.24, 2.45) is 0 Å². The summed E-state index contributed by atoms with van der Waals surface area (Å²) in [4.78, 5) is 0. The van der Waals surface area contributed by atoms with Crippen molar-refractivity contribution < 1.29 is 17.6 Å². The van der Waals surface area contributed by atoms with Gasteiger partial charge in [0.15, 0.2) is 0 Å². The van der Waals surface area contributed by atoms with Gasteiger partial charge in [0, 0.05) is 11.5 Å².